The number of nitrogens with zero attached hydrogens (tertiary/aromatic N) is 2. The second-order valence-corrected chi connectivity index (χ2v) is 3.53. The first kappa shape index (κ1) is 11.8. The van der Waals surface area contributed by atoms with Crippen molar-refractivity contribution in [2.24, 2.45) is 0 Å². The summed E-state index contributed by atoms with van der Waals surface area (Å²) < 4.78 is 0. The minimum atomic E-state index is 0.166. The van der Waals surface area contributed by atoms with Crippen LogP contribution in [0.1, 0.15) is 25.3 Å². The average Bonchev–Trinajstić information content (AvgIpc) is 2.17. The fourth-order valence-corrected chi connectivity index (χ4v) is 1.46. The molecule has 0 aliphatic heterocycles. The fourth-order valence-electron chi connectivity index (χ4n) is 1.11. The lowest BCUT2D eigenvalue weighted by Gasteiger charge is -2.12. The maximum Gasteiger partial charge on any atom is 0.158 e. The Labute approximate surface area is 94.0 Å². The van der Waals surface area contributed by atoms with Gasteiger partial charge in [0.2, 0.25) is 0 Å². The predicted molar refractivity (Wildman–Crippen MR) is 59.5 cm³/mol. The summed E-state index contributed by atoms with van der Waals surface area (Å²) in [6.07, 6.45) is 6.42. The highest BCUT2D eigenvalue weighted by molar-refractivity contribution is 6.30. The molecule has 0 fully saturated rings. The second kappa shape index (κ2) is 5.54. The molecule has 0 spiro atoms. The number of aromatic nitrogens is 2. The molecule has 1 aromatic rings. The van der Waals surface area contributed by atoms with Gasteiger partial charge in [0, 0.05) is 5.56 Å². The lowest BCUT2D eigenvalue weighted by molar-refractivity contribution is 0.232. The summed E-state index contributed by atoms with van der Waals surface area (Å²) in [4.78, 5) is 12.9. The molecule has 0 unspecified atom stereocenters. The SMILES string of the molecule is C#CCONc1ncnc(Cl)c1C(C)C. The third-order valence-electron chi connectivity index (χ3n) is 1.74. The van der Waals surface area contributed by atoms with Crippen molar-refractivity contribution in [1.29, 1.82) is 0 Å². The van der Waals surface area contributed by atoms with E-state index in [9.17, 15) is 0 Å². The van der Waals surface area contributed by atoms with E-state index in [0.717, 1.165) is 5.56 Å². The minimum Gasteiger partial charge on any atom is -0.262 e. The largest absolute Gasteiger partial charge is 0.262 e. The summed E-state index contributed by atoms with van der Waals surface area (Å²) in [5.74, 6) is 3.10. The zero-order chi connectivity index (χ0) is 11.3. The molecular formula is C10H12ClN3O. The molecule has 0 aliphatic carbocycles. The normalized spacial score (nSPS) is 10.1. The zero-order valence-corrected chi connectivity index (χ0v) is 9.38. The molecule has 0 atom stereocenters. The number of anilines is 1. The maximum absolute atomic E-state index is 5.95. The van der Waals surface area contributed by atoms with E-state index >= 15 is 0 Å². The lowest BCUT2D eigenvalue weighted by Crippen LogP contribution is -2.08. The number of nitrogens with one attached hydrogen (secondary N) is 1. The van der Waals surface area contributed by atoms with Gasteiger partial charge in [-0.2, -0.15) is 0 Å². The standard InChI is InChI=1S/C10H12ClN3O/c1-4-5-15-14-10-8(7(2)3)9(11)12-6-13-10/h1,6-7H,5H2,2-3H3,(H,12,13,14). The van der Waals surface area contributed by atoms with Gasteiger partial charge >= 0.3 is 0 Å². The predicted octanol–water partition coefficient (Wildman–Crippen LogP) is 2.23. The maximum atomic E-state index is 5.95. The number of halogens is 1. The van der Waals surface area contributed by atoms with Crippen molar-refractivity contribution in [2.45, 2.75) is 19.8 Å². The van der Waals surface area contributed by atoms with Gasteiger partial charge in [-0.25, -0.2) is 15.4 Å². The molecule has 1 heterocycles. The van der Waals surface area contributed by atoms with Crippen LogP contribution in [0, 0.1) is 12.3 Å². The first-order chi connectivity index (χ1) is 7.16. The van der Waals surface area contributed by atoms with Crippen LogP contribution in [0.4, 0.5) is 5.82 Å². The van der Waals surface area contributed by atoms with E-state index in [1.165, 1.54) is 6.33 Å². The van der Waals surface area contributed by atoms with E-state index in [4.69, 9.17) is 22.9 Å². The molecule has 1 rings (SSSR count). The van der Waals surface area contributed by atoms with Crippen LogP contribution >= 0.6 is 11.6 Å². The monoisotopic (exact) mass is 225 g/mol. The number of hydrogen-bond acceptors (Lipinski definition) is 4. The Morgan fingerprint density at radius 3 is 2.93 bits per heavy atom. The Bertz CT molecular complexity index is 373. The molecule has 80 valence electrons. The summed E-state index contributed by atoms with van der Waals surface area (Å²) >= 11 is 5.95. The molecular weight excluding hydrogens is 214 g/mol. The van der Waals surface area contributed by atoms with Gasteiger partial charge in [-0.05, 0) is 5.92 Å². The minimum absolute atomic E-state index is 0.166. The van der Waals surface area contributed by atoms with Crippen LogP contribution in [0.2, 0.25) is 5.15 Å². The van der Waals surface area contributed by atoms with Gasteiger partial charge in [0.05, 0.1) is 0 Å². The summed E-state index contributed by atoms with van der Waals surface area (Å²) in [6, 6.07) is 0. The Balaban J connectivity index is 2.87. The van der Waals surface area contributed by atoms with Crippen molar-refractivity contribution in [3.8, 4) is 12.3 Å². The first-order valence-electron chi connectivity index (χ1n) is 4.48. The molecule has 15 heavy (non-hydrogen) atoms. The van der Waals surface area contributed by atoms with Gasteiger partial charge in [0.15, 0.2) is 5.82 Å². The molecule has 0 bridgehead atoms. The molecule has 0 aliphatic rings. The molecule has 0 saturated carbocycles. The highest BCUT2D eigenvalue weighted by atomic mass is 35.5. The second-order valence-electron chi connectivity index (χ2n) is 3.18. The van der Waals surface area contributed by atoms with Gasteiger partial charge in [-0.1, -0.05) is 31.4 Å². The Kier molecular flexibility index (Phi) is 4.35. The Morgan fingerprint density at radius 2 is 2.33 bits per heavy atom. The van der Waals surface area contributed by atoms with Gasteiger partial charge < -0.3 is 0 Å². The van der Waals surface area contributed by atoms with Gasteiger partial charge in [0.1, 0.15) is 18.1 Å². The van der Waals surface area contributed by atoms with E-state index < -0.39 is 0 Å². The number of rotatable bonds is 4. The first-order valence-corrected chi connectivity index (χ1v) is 4.86. The van der Waals surface area contributed by atoms with Crippen LogP contribution in [-0.2, 0) is 4.84 Å². The van der Waals surface area contributed by atoms with Crippen LogP contribution in [0.3, 0.4) is 0 Å². The smallest absolute Gasteiger partial charge is 0.158 e. The molecule has 5 heteroatoms. The lowest BCUT2D eigenvalue weighted by atomic mass is 10.1. The molecule has 0 saturated heterocycles. The third kappa shape index (κ3) is 3.08. The molecule has 4 nitrogen and oxygen atoms in total. The van der Waals surface area contributed by atoms with E-state index in [-0.39, 0.29) is 12.5 Å². The molecule has 0 radical (unpaired) electrons. The Morgan fingerprint density at radius 1 is 1.60 bits per heavy atom. The third-order valence-corrected chi connectivity index (χ3v) is 2.04. The number of terminal acetylenes is 1. The summed E-state index contributed by atoms with van der Waals surface area (Å²) in [6.45, 7) is 4.16. The molecule has 0 aromatic carbocycles. The topological polar surface area (TPSA) is 47.0 Å². The highest BCUT2D eigenvalue weighted by Gasteiger charge is 2.13. The molecule has 1 aromatic heterocycles. The van der Waals surface area contributed by atoms with Crippen LogP contribution in [0.5, 0.6) is 0 Å². The zero-order valence-electron chi connectivity index (χ0n) is 8.62. The summed E-state index contributed by atoms with van der Waals surface area (Å²) in [5.41, 5.74) is 3.47. The quantitative estimate of drug-likeness (QED) is 0.370. The van der Waals surface area contributed by atoms with Crippen LogP contribution < -0.4 is 5.48 Å². The van der Waals surface area contributed by atoms with Crippen molar-refractivity contribution in [3.63, 3.8) is 0 Å². The average molecular weight is 226 g/mol. The van der Waals surface area contributed by atoms with E-state index in [0.29, 0.717) is 11.0 Å². The number of hydrogen-bond donors (Lipinski definition) is 1. The van der Waals surface area contributed by atoms with Crippen molar-refractivity contribution < 1.29 is 4.84 Å². The van der Waals surface area contributed by atoms with Gasteiger partial charge in [-0.3, -0.25) is 4.84 Å². The fraction of sp³-hybridized carbons (Fsp3) is 0.400. The Hall–Kier alpha value is -1.31. The van der Waals surface area contributed by atoms with Crippen molar-refractivity contribution in [2.75, 3.05) is 12.1 Å². The molecule has 1 N–H and O–H groups in total. The van der Waals surface area contributed by atoms with Crippen molar-refractivity contribution >= 4 is 17.4 Å². The highest BCUT2D eigenvalue weighted by Crippen LogP contribution is 2.27. The van der Waals surface area contributed by atoms with Crippen molar-refractivity contribution in [1.82, 2.24) is 9.97 Å². The van der Waals surface area contributed by atoms with Gasteiger partial charge in [-0.15, -0.1) is 6.42 Å². The van der Waals surface area contributed by atoms with E-state index in [2.05, 4.69) is 21.4 Å². The van der Waals surface area contributed by atoms with Gasteiger partial charge in [0.25, 0.3) is 0 Å². The van der Waals surface area contributed by atoms with E-state index in [1.54, 1.807) is 0 Å². The summed E-state index contributed by atoms with van der Waals surface area (Å²) in [7, 11) is 0. The van der Waals surface area contributed by atoms with Crippen molar-refractivity contribution in [3.05, 3.63) is 17.0 Å². The van der Waals surface area contributed by atoms with Crippen LogP contribution in [0.15, 0.2) is 6.33 Å². The van der Waals surface area contributed by atoms with Crippen LogP contribution in [-0.4, -0.2) is 16.6 Å². The molecule has 0 amide bonds. The van der Waals surface area contributed by atoms with E-state index in [1.807, 2.05) is 13.8 Å². The van der Waals surface area contributed by atoms with Crippen LogP contribution in [0.25, 0.3) is 0 Å². The summed E-state index contributed by atoms with van der Waals surface area (Å²) in [5, 5.41) is 0.423.